The van der Waals surface area contributed by atoms with Gasteiger partial charge in [-0.3, -0.25) is 0 Å². The van der Waals surface area contributed by atoms with Crippen molar-refractivity contribution in [1.29, 1.82) is 5.26 Å². The smallest absolute Gasteiger partial charge is 0.227 e. The van der Waals surface area contributed by atoms with Crippen molar-refractivity contribution in [2.45, 2.75) is 0 Å². The van der Waals surface area contributed by atoms with Gasteiger partial charge in [-0.2, -0.15) is 5.26 Å². The molecule has 0 amide bonds. The fourth-order valence-electron chi connectivity index (χ4n) is 1.16. The molecule has 5 heteroatoms. The van der Waals surface area contributed by atoms with Gasteiger partial charge in [0.15, 0.2) is 0 Å². The SMILES string of the molecule is N#Cc1ccc(Nc2ncc(N)cn2)cc1. The van der Waals surface area contributed by atoms with Gasteiger partial charge < -0.3 is 11.1 Å². The number of nitrogen functional groups attached to an aromatic ring is 1. The minimum atomic E-state index is 0.471. The molecule has 1 aromatic heterocycles. The zero-order valence-electron chi connectivity index (χ0n) is 8.38. The predicted molar refractivity (Wildman–Crippen MR) is 60.9 cm³/mol. The maximum Gasteiger partial charge on any atom is 0.227 e. The van der Waals surface area contributed by atoms with Gasteiger partial charge in [-0.1, -0.05) is 0 Å². The molecule has 0 unspecified atom stereocenters. The van der Waals surface area contributed by atoms with E-state index in [4.69, 9.17) is 11.0 Å². The van der Waals surface area contributed by atoms with Gasteiger partial charge in [0, 0.05) is 5.69 Å². The van der Waals surface area contributed by atoms with Crippen LogP contribution < -0.4 is 11.1 Å². The van der Waals surface area contributed by atoms with Gasteiger partial charge in [-0.15, -0.1) is 0 Å². The number of hydrogen-bond donors (Lipinski definition) is 2. The summed E-state index contributed by atoms with van der Waals surface area (Å²) < 4.78 is 0. The average molecular weight is 211 g/mol. The van der Waals surface area contributed by atoms with Crippen LogP contribution in [0.5, 0.6) is 0 Å². The Balaban J connectivity index is 2.15. The summed E-state index contributed by atoms with van der Waals surface area (Å²) in [7, 11) is 0. The highest BCUT2D eigenvalue weighted by atomic mass is 15.1. The van der Waals surface area contributed by atoms with E-state index in [0.717, 1.165) is 5.69 Å². The molecule has 0 aliphatic carbocycles. The van der Waals surface area contributed by atoms with E-state index in [1.54, 1.807) is 24.3 Å². The number of anilines is 3. The minimum absolute atomic E-state index is 0.471. The van der Waals surface area contributed by atoms with Crippen LogP contribution in [0.2, 0.25) is 0 Å². The third-order valence-corrected chi connectivity index (χ3v) is 1.94. The Morgan fingerprint density at radius 1 is 1.12 bits per heavy atom. The minimum Gasteiger partial charge on any atom is -0.396 e. The fraction of sp³-hybridized carbons (Fsp3) is 0. The molecular weight excluding hydrogens is 202 g/mol. The fourth-order valence-corrected chi connectivity index (χ4v) is 1.16. The van der Waals surface area contributed by atoms with Crippen LogP contribution in [0.1, 0.15) is 5.56 Å². The van der Waals surface area contributed by atoms with Gasteiger partial charge in [0.05, 0.1) is 29.7 Å². The highest BCUT2D eigenvalue weighted by molar-refractivity contribution is 5.55. The predicted octanol–water partition coefficient (Wildman–Crippen LogP) is 1.67. The Kier molecular flexibility index (Phi) is 2.65. The summed E-state index contributed by atoms with van der Waals surface area (Å²) in [5, 5.41) is 11.6. The Labute approximate surface area is 92.6 Å². The molecule has 0 atom stereocenters. The first-order valence-corrected chi connectivity index (χ1v) is 4.62. The monoisotopic (exact) mass is 211 g/mol. The molecule has 16 heavy (non-hydrogen) atoms. The van der Waals surface area contributed by atoms with Crippen LogP contribution in [0.3, 0.4) is 0 Å². The maximum atomic E-state index is 8.64. The first kappa shape index (κ1) is 9.93. The van der Waals surface area contributed by atoms with Crippen LogP contribution in [-0.4, -0.2) is 9.97 Å². The van der Waals surface area contributed by atoms with Gasteiger partial charge in [0.25, 0.3) is 0 Å². The molecule has 0 bridgehead atoms. The van der Waals surface area contributed by atoms with E-state index in [1.807, 2.05) is 6.07 Å². The molecule has 78 valence electrons. The van der Waals surface area contributed by atoms with Crippen LogP contribution in [0.25, 0.3) is 0 Å². The van der Waals surface area contributed by atoms with Crippen LogP contribution in [-0.2, 0) is 0 Å². The number of nitrogens with zero attached hydrogens (tertiary/aromatic N) is 3. The molecule has 3 N–H and O–H groups in total. The summed E-state index contributed by atoms with van der Waals surface area (Å²) in [4.78, 5) is 8.01. The normalized spacial score (nSPS) is 9.44. The second-order valence-electron chi connectivity index (χ2n) is 3.15. The lowest BCUT2D eigenvalue weighted by Crippen LogP contribution is -1.97. The number of nitrogens with two attached hydrogens (primary N) is 1. The Hall–Kier alpha value is -2.61. The third kappa shape index (κ3) is 2.25. The van der Waals surface area contributed by atoms with E-state index in [1.165, 1.54) is 12.4 Å². The Bertz CT molecular complexity index is 510. The zero-order chi connectivity index (χ0) is 11.4. The molecule has 0 spiro atoms. The molecule has 0 aliphatic rings. The van der Waals surface area contributed by atoms with Crippen LogP contribution in [0.4, 0.5) is 17.3 Å². The van der Waals surface area contributed by atoms with Crippen molar-refractivity contribution in [3.63, 3.8) is 0 Å². The van der Waals surface area contributed by atoms with Crippen molar-refractivity contribution in [2.24, 2.45) is 0 Å². The zero-order valence-corrected chi connectivity index (χ0v) is 8.38. The summed E-state index contributed by atoms with van der Waals surface area (Å²) >= 11 is 0. The lowest BCUT2D eigenvalue weighted by Gasteiger charge is -2.03. The van der Waals surface area contributed by atoms with Gasteiger partial charge in [-0.05, 0) is 24.3 Å². The molecule has 0 saturated heterocycles. The van der Waals surface area contributed by atoms with Crippen molar-refractivity contribution >= 4 is 17.3 Å². The van der Waals surface area contributed by atoms with E-state index in [-0.39, 0.29) is 0 Å². The van der Waals surface area contributed by atoms with E-state index < -0.39 is 0 Å². The average Bonchev–Trinajstić information content (AvgIpc) is 2.33. The van der Waals surface area contributed by atoms with Gasteiger partial charge in [0.2, 0.25) is 5.95 Å². The van der Waals surface area contributed by atoms with Crippen molar-refractivity contribution in [3.8, 4) is 6.07 Å². The molecule has 0 fully saturated rings. The largest absolute Gasteiger partial charge is 0.396 e. The first-order valence-electron chi connectivity index (χ1n) is 4.62. The summed E-state index contributed by atoms with van der Waals surface area (Å²) in [5.74, 6) is 0.471. The maximum absolute atomic E-state index is 8.64. The topological polar surface area (TPSA) is 87.6 Å². The van der Waals surface area contributed by atoms with Crippen molar-refractivity contribution in [1.82, 2.24) is 9.97 Å². The van der Waals surface area contributed by atoms with Crippen molar-refractivity contribution < 1.29 is 0 Å². The number of hydrogen-bond acceptors (Lipinski definition) is 5. The molecule has 0 saturated carbocycles. The second kappa shape index (κ2) is 4.28. The number of rotatable bonds is 2. The first-order chi connectivity index (χ1) is 7.78. The lowest BCUT2D eigenvalue weighted by molar-refractivity contribution is 1.17. The van der Waals surface area contributed by atoms with E-state index in [0.29, 0.717) is 17.2 Å². The van der Waals surface area contributed by atoms with E-state index >= 15 is 0 Å². The Morgan fingerprint density at radius 2 is 1.75 bits per heavy atom. The second-order valence-corrected chi connectivity index (χ2v) is 3.15. The summed E-state index contributed by atoms with van der Waals surface area (Å²) in [6.45, 7) is 0. The molecule has 5 nitrogen and oxygen atoms in total. The molecule has 0 radical (unpaired) electrons. The highest BCUT2D eigenvalue weighted by Gasteiger charge is 1.97. The lowest BCUT2D eigenvalue weighted by atomic mass is 10.2. The van der Waals surface area contributed by atoms with Gasteiger partial charge in [0.1, 0.15) is 0 Å². The summed E-state index contributed by atoms with van der Waals surface area (Å²) in [6.07, 6.45) is 3.05. The van der Waals surface area contributed by atoms with Gasteiger partial charge >= 0.3 is 0 Å². The number of benzene rings is 1. The van der Waals surface area contributed by atoms with Crippen LogP contribution >= 0.6 is 0 Å². The van der Waals surface area contributed by atoms with Crippen molar-refractivity contribution in [2.75, 3.05) is 11.1 Å². The van der Waals surface area contributed by atoms with Crippen LogP contribution in [0, 0.1) is 11.3 Å². The van der Waals surface area contributed by atoms with E-state index in [9.17, 15) is 0 Å². The quantitative estimate of drug-likeness (QED) is 0.788. The summed E-state index contributed by atoms with van der Waals surface area (Å²) in [6, 6.07) is 9.07. The van der Waals surface area contributed by atoms with Crippen molar-refractivity contribution in [3.05, 3.63) is 42.2 Å². The number of nitrogens with one attached hydrogen (secondary N) is 1. The molecular formula is C11H9N5. The molecule has 1 aromatic carbocycles. The Morgan fingerprint density at radius 3 is 2.31 bits per heavy atom. The third-order valence-electron chi connectivity index (χ3n) is 1.94. The molecule has 2 aromatic rings. The highest BCUT2D eigenvalue weighted by Crippen LogP contribution is 2.13. The molecule has 1 heterocycles. The number of aromatic nitrogens is 2. The standard InChI is InChI=1S/C11H9N5/c12-5-8-1-3-10(4-2-8)16-11-14-6-9(13)7-15-11/h1-4,6-7H,13H2,(H,14,15,16). The molecule has 0 aliphatic heterocycles. The van der Waals surface area contributed by atoms with E-state index in [2.05, 4.69) is 15.3 Å². The van der Waals surface area contributed by atoms with Gasteiger partial charge in [-0.25, -0.2) is 9.97 Å². The van der Waals surface area contributed by atoms with Crippen LogP contribution in [0.15, 0.2) is 36.7 Å². The summed E-state index contributed by atoms with van der Waals surface area (Å²) in [5.41, 5.74) is 7.43. The number of nitriles is 1. The molecule has 2 rings (SSSR count).